The summed E-state index contributed by atoms with van der Waals surface area (Å²) in [4.78, 5) is 12.4. The number of carbonyl (C=O) groups excluding carboxylic acids is 1. The normalized spacial score (nSPS) is 15.3. The van der Waals surface area contributed by atoms with Crippen molar-refractivity contribution in [3.05, 3.63) is 41.0 Å². The first-order valence-corrected chi connectivity index (χ1v) is 11.1. The van der Waals surface area contributed by atoms with Crippen molar-refractivity contribution < 1.29 is 18.0 Å². The minimum atomic E-state index is -4.36. The Morgan fingerprint density at radius 3 is 2.42 bits per heavy atom. The number of alkyl halides is 3. The maximum Gasteiger partial charge on any atom is 0.406 e. The van der Waals surface area contributed by atoms with Crippen LogP contribution in [0.15, 0.2) is 18.2 Å². The first-order chi connectivity index (χ1) is 14.7. The third-order valence-corrected chi connectivity index (χ3v) is 5.97. The lowest BCUT2D eigenvalue weighted by molar-refractivity contribution is -0.141. The molecule has 8 heteroatoms. The number of halogens is 3. The van der Waals surface area contributed by atoms with Crippen molar-refractivity contribution in [1.82, 2.24) is 14.8 Å². The molecule has 1 aliphatic carbocycles. The summed E-state index contributed by atoms with van der Waals surface area (Å²) < 4.78 is 40.7. The van der Waals surface area contributed by atoms with Crippen LogP contribution in [0.3, 0.4) is 0 Å². The predicted molar refractivity (Wildman–Crippen MR) is 114 cm³/mol. The average molecular weight is 437 g/mol. The highest BCUT2D eigenvalue weighted by Crippen LogP contribution is 2.28. The Morgan fingerprint density at radius 2 is 1.77 bits per heavy atom. The minimum absolute atomic E-state index is 0.0476. The number of nitrogens with zero attached hydrogens (tertiary/aromatic N) is 3. The Balaban J connectivity index is 1.63. The van der Waals surface area contributed by atoms with E-state index in [1.807, 2.05) is 32.0 Å². The zero-order valence-electron chi connectivity index (χ0n) is 18.3. The van der Waals surface area contributed by atoms with Gasteiger partial charge < -0.3 is 9.88 Å². The lowest BCUT2D eigenvalue weighted by Gasteiger charge is -2.21. The molecule has 0 aliphatic heterocycles. The number of aryl methyl sites for hydroxylation is 4. The van der Waals surface area contributed by atoms with E-state index in [9.17, 15) is 18.0 Å². The summed E-state index contributed by atoms with van der Waals surface area (Å²) >= 11 is 0. The molecule has 1 amide bonds. The smallest absolute Gasteiger partial charge is 0.326 e. The Labute approximate surface area is 181 Å². The van der Waals surface area contributed by atoms with Crippen molar-refractivity contribution >= 4 is 11.6 Å². The highest BCUT2D eigenvalue weighted by Gasteiger charge is 2.31. The van der Waals surface area contributed by atoms with Gasteiger partial charge in [0, 0.05) is 24.9 Å². The molecule has 1 fully saturated rings. The number of benzene rings is 1. The predicted octanol–water partition coefficient (Wildman–Crippen LogP) is 5.54. The number of hydrogen-bond acceptors (Lipinski definition) is 3. The molecule has 0 saturated heterocycles. The molecule has 5 nitrogen and oxygen atoms in total. The van der Waals surface area contributed by atoms with Crippen molar-refractivity contribution in [2.75, 3.05) is 5.32 Å². The van der Waals surface area contributed by atoms with Gasteiger partial charge in [0.1, 0.15) is 18.2 Å². The molecule has 0 spiro atoms. The van der Waals surface area contributed by atoms with Crippen LogP contribution in [0.4, 0.5) is 18.9 Å². The van der Waals surface area contributed by atoms with Crippen LogP contribution >= 0.6 is 0 Å². The maximum absolute atomic E-state index is 13.2. The molecule has 1 aromatic heterocycles. The molecule has 0 radical (unpaired) electrons. The molecule has 1 saturated carbocycles. The number of aromatic nitrogens is 3. The van der Waals surface area contributed by atoms with E-state index in [2.05, 4.69) is 15.5 Å². The molecular formula is C23H31F3N4O. The highest BCUT2D eigenvalue weighted by atomic mass is 19.4. The van der Waals surface area contributed by atoms with Crippen LogP contribution in [0.5, 0.6) is 0 Å². The monoisotopic (exact) mass is 436 g/mol. The van der Waals surface area contributed by atoms with E-state index in [4.69, 9.17) is 0 Å². The standard InChI is InChI=1S/C23H31F3N4O/c1-16-8-10-19(17(2)14-16)27-22(31)13-12-21-29-28-20(30(21)15-23(24,25)26)11-9-18-6-4-3-5-7-18/h8,10,14,18H,3-7,9,11-13,15H2,1-2H3,(H,27,31). The summed E-state index contributed by atoms with van der Waals surface area (Å²) in [6, 6.07) is 5.70. The second-order valence-electron chi connectivity index (χ2n) is 8.64. The zero-order valence-corrected chi connectivity index (χ0v) is 18.3. The second-order valence-corrected chi connectivity index (χ2v) is 8.64. The van der Waals surface area contributed by atoms with Crippen LogP contribution in [0.25, 0.3) is 0 Å². The molecule has 0 bridgehead atoms. The third-order valence-electron chi connectivity index (χ3n) is 5.97. The molecule has 31 heavy (non-hydrogen) atoms. The summed E-state index contributed by atoms with van der Waals surface area (Å²) in [6.07, 6.45) is 3.03. The molecule has 1 heterocycles. The van der Waals surface area contributed by atoms with Gasteiger partial charge in [-0.05, 0) is 37.8 Å². The zero-order chi connectivity index (χ0) is 22.4. The van der Waals surface area contributed by atoms with E-state index >= 15 is 0 Å². The minimum Gasteiger partial charge on any atom is -0.326 e. The lowest BCUT2D eigenvalue weighted by Crippen LogP contribution is -2.22. The molecule has 1 aromatic carbocycles. The first-order valence-electron chi connectivity index (χ1n) is 11.1. The molecule has 1 aliphatic rings. The van der Waals surface area contributed by atoms with E-state index in [1.54, 1.807) is 0 Å². The van der Waals surface area contributed by atoms with Gasteiger partial charge in [0.25, 0.3) is 0 Å². The van der Waals surface area contributed by atoms with Gasteiger partial charge in [-0.3, -0.25) is 4.79 Å². The molecule has 3 rings (SSSR count). The summed E-state index contributed by atoms with van der Waals surface area (Å²) in [5, 5.41) is 10.9. The topological polar surface area (TPSA) is 59.8 Å². The SMILES string of the molecule is Cc1ccc(NC(=O)CCc2nnc(CCC3CCCCC3)n2CC(F)(F)F)c(C)c1. The Kier molecular flexibility index (Phi) is 7.73. The largest absolute Gasteiger partial charge is 0.406 e. The number of hydrogen-bond donors (Lipinski definition) is 1. The Morgan fingerprint density at radius 1 is 1.10 bits per heavy atom. The highest BCUT2D eigenvalue weighted by molar-refractivity contribution is 5.91. The van der Waals surface area contributed by atoms with E-state index in [0.717, 1.165) is 35.0 Å². The quantitative estimate of drug-likeness (QED) is 0.591. The molecule has 170 valence electrons. The van der Waals surface area contributed by atoms with Crippen molar-refractivity contribution in [2.24, 2.45) is 5.92 Å². The number of anilines is 1. The Bertz CT molecular complexity index is 885. The van der Waals surface area contributed by atoms with Crippen LogP contribution in [0.2, 0.25) is 0 Å². The van der Waals surface area contributed by atoms with Gasteiger partial charge in [-0.15, -0.1) is 10.2 Å². The van der Waals surface area contributed by atoms with Gasteiger partial charge in [0.15, 0.2) is 0 Å². The number of rotatable bonds is 8. The fourth-order valence-electron chi connectivity index (χ4n) is 4.31. The average Bonchev–Trinajstić information content (AvgIpc) is 3.07. The molecule has 0 atom stereocenters. The lowest BCUT2D eigenvalue weighted by atomic mass is 9.86. The summed E-state index contributed by atoms with van der Waals surface area (Å²) in [5.41, 5.74) is 2.75. The van der Waals surface area contributed by atoms with Gasteiger partial charge in [0.05, 0.1) is 0 Å². The molecule has 1 N–H and O–H groups in total. The van der Waals surface area contributed by atoms with Crippen LogP contribution in [-0.4, -0.2) is 26.8 Å². The first kappa shape index (κ1) is 23.3. The van der Waals surface area contributed by atoms with Crippen molar-refractivity contribution in [3.63, 3.8) is 0 Å². The van der Waals surface area contributed by atoms with Gasteiger partial charge in [-0.25, -0.2) is 0 Å². The van der Waals surface area contributed by atoms with E-state index in [0.29, 0.717) is 23.9 Å². The van der Waals surface area contributed by atoms with Gasteiger partial charge in [-0.1, -0.05) is 49.8 Å². The van der Waals surface area contributed by atoms with Crippen molar-refractivity contribution in [3.8, 4) is 0 Å². The molecular weight excluding hydrogens is 405 g/mol. The van der Waals surface area contributed by atoms with Gasteiger partial charge >= 0.3 is 6.18 Å². The van der Waals surface area contributed by atoms with Crippen LogP contribution in [0.1, 0.15) is 67.7 Å². The van der Waals surface area contributed by atoms with Crippen LogP contribution in [0, 0.1) is 19.8 Å². The third kappa shape index (κ3) is 7.08. The van der Waals surface area contributed by atoms with Gasteiger partial charge in [0.2, 0.25) is 5.91 Å². The summed E-state index contributed by atoms with van der Waals surface area (Å²) in [6.45, 7) is 2.76. The summed E-state index contributed by atoms with van der Waals surface area (Å²) in [7, 11) is 0. The number of nitrogens with one attached hydrogen (secondary N) is 1. The molecule has 2 aromatic rings. The fourth-order valence-corrected chi connectivity index (χ4v) is 4.31. The van der Waals surface area contributed by atoms with E-state index in [-0.39, 0.29) is 24.6 Å². The van der Waals surface area contributed by atoms with Crippen molar-refractivity contribution in [2.45, 2.75) is 84.4 Å². The summed E-state index contributed by atoms with van der Waals surface area (Å²) in [5.74, 6) is 0.883. The van der Waals surface area contributed by atoms with Crippen LogP contribution in [-0.2, 0) is 24.2 Å². The van der Waals surface area contributed by atoms with E-state index in [1.165, 1.54) is 19.3 Å². The van der Waals surface area contributed by atoms with Crippen molar-refractivity contribution in [1.29, 1.82) is 0 Å². The molecule has 0 unspecified atom stereocenters. The van der Waals surface area contributed by atoms with E-state index < -0.39 is 12.7 Å². The maximum atomic E-state index is 13.2. The number of carbonyl (C=O) groups is 1. The van der Waals surface area contributed by atoms with Gasteiger partial charge in [-0.2, -0.15) is 13.2 Å². The second kappa shape index (κ2) is 10.3. The van der Waals surface area contributed by atoms with Crippen LogP contribution < -0.4 is 5.32 Å². The fraction of sp³-hybridized carbons (Fsp3) is 0.609. The number of amides is 1. The Hall–Kier alpha value is -2.38.